The molecule has 0 aromatic heterocycles. The highest BCUT2D eigenvalue weighted by atomic mass is 16.5. The monoisotopic (exact) mass is 363 g/mol. The summed E-state index contributed by atoms with van der Waals surface area (Å²) in [5.41, 5.74) is 0.633. The molecule has 0 radical (unpaired) electrons. The maximum absolute atomic E-state index is 12.2. The molecule has 1 aromatic rings. The number of benzene rings is 1. The van der Waals surface area contributed by atoms with Gasteiger partial charge in [-0.05, 0) is 38.5 Å². The summed E-state index contributed by atoms with van der Waals surface area (Å²) in [4.78, 5) is 37.7. The number of likely N-dealkylation sites (tertiary alicyclic amines) is 1. The van der Waals surface area contributed by atoms with Crippen molar-refractivity contribution in [3.05, 3.63) is 23.8 Å². The molecule has 1 heterocycles. The molecule has 1 aromatic carbocycles. The summed E-state index contributed by atoms with van der Waals surface area (Å²) in [5.74, 6) is 0.0657. The van der Waals surface area contributed by atoms with E-state index in [2.05, 4.69) is 0 Å². The van der Waals surface area contributed by atoms with Crippen LogP contribution in [0.2, 0.25) is 0 Å². The molecule has 142 valence electrons. The number of carbonyl (C=O) groups is 3. The molecule has 1 atom stereocenters. The van der Waals surface area contributed by atoms with Gasteiger partial charge in [0, 0.05) is 12.8 Å². The molecule has 1 unspecified atom stereocenters. The maximum atomic E-state index is 12.2. The van der Waals surface area contributed by atoms with E-state index < -0.39 is 12.0 Å². The number of imide groups is 1. The quantitative estimate of drug-likeness (QED) is 0.495. The number of amides is 2. The summed E-state index contributed by atoms with van der Waals surface area (Å²) in [5, 5.41) is 0. The van der Waals surface area contributed by atoms with Crippen LogP contribution in [0.5, 0.6) is 11.5 Å². The molecule has 0 bridgehead atoms. The van der Waals surface area contributed by atoms with E-state index in [1.54, 1.807) is 25.1 Å². The van der Waals surface area contributed by atoms with Gasteiger partial charge in [0.1, 0.15) is 0 Å². The van der Waals surface area contributed by atoms with Gasteiger partial charge >= 0.3 is 5.97 Å². The standard InChI is InChI=1S/C19H25NO6/c1-4-24-15-8-7-13(11-16(15)25-5-2)14(12-19(23)26-6-3)20-17(21)9-10-18(20)22/h7-8,11,14H,4-6,9-10,12H2,1-3H3. The van der Waals surface area contributed by atoms with Crippen LogP contribution in [0.15, 0.2) is 18.2 Å². The Morgan fingerprint density at radius 3 is 2.19 bits per heavy atom. The van der Waals surface area contributed by atoms with Gasteiger partial charge in [-0.1, -0.05) is 6.07 Å². The Bertz CT molecular complexity index is 656. The smallest absolute Gasteiger partial charge is 0.308 e. The number of rotatable bonds is 9. The van der Waals surface area contributed by atoms with Crippen LogP contribution in [-0.4, -0.2) is 42.5 Å². The average Bonchev–Trinajstić information content (AvgIpc) is 2.94. The lowest BCUT2D eigenvalue weighted by atomic mass is 10.0. The van der Waals surface area contributed by atoms with Crippen LogP contribution in [0.3, 0.4) is 0 Å². The Labute approximate surface area is 153 Å². The minimum atomic E-state index is -0.716. The van der Waals surface area contributed by atoms with Gasteiger partial charge in [-0.2, -0.15) is 0 Å². The fourth-order valence-electron chi connectivity index (χ4n) is 2.95. The Morgan fingerprint density at radius 2 is 1.62 bits per heavy atom. The van der Waals surface area contributed by atoms with Crippen LogP contribution >= 0.6 is 0 Å². The van der Waals surface area contributed by atoms with Crippen LogP contribution in [0.4, 0.5) is 0 Å². The summed E-state index contributed by atoms with van der Waals surface area (Å²) in [7, 11) is 0. The first-order valence-corrected chi connectivity index (χ1v) is 8.91. The molecule has 2 rings (SSSR count). The molecular formula is C19H25NO6. The molecule has 0 N–H and O–H groups in total. The fourth-order valence-corrected chi connectivity index (χ4v) is 2.95. The molecule has 1 saturated heterocycles. The minimum absolute atomic E-state index is 0.0924. The average molecular weight is 363 g/mol. The van der Waals surface area contributed by atoms with E-state index in [0.29, 0.717) is 30.3 Å². The van der Waals surface area contributed by atoms with E-state index in [-0.39, 0.29) is 37.7 Å². The highest BCUT2D eigenvalue weighted by molar-refractivity contribution is 6.02. The summed E-state index contributed by atoms with van der Waals surface area (Å²) in [6.07, 6.45) is 0.228. The lowest BCUT2D eigenvalue weighted by molar-refractivity contribution is -0.147. The fraction of sp³-hybridized carbons (Fsp3) is 0.526. The van der Waals surface area contributed by atoms with E-state index in [4.69, 9.17) is 14.2 Å². The Balaban J connectivity index is 2.40. The van der Waals surface area contributed by atoms with Gasteiger partial charge in [0.25, 0.3) is 0 Å². The molecule has 1 aliphatic heterocycles. The predicted molar refractivity (Wildman–Crippen MR) is 93.9 cm³/mol. The summed E-state index contributed by atoms with van der Waals surface area (Å²) in [6.45, 7) is 6.59. The number of hydrogen-bond donors (Lipinski definition) is 0. The normalized spacial score (nSPS) is 15.1. The van der Waals surface area contributed by atoms with E-state index in [0.717, 1.165) is 0 Å². The van der Waals surface area contributed by atoms with Gasteiger partial charge in [-0.25, -0.2) is 0 Å². The van der Waals surface area contributed by atoms with Crippen LogP contribution in [0.1, 0.15) is 51.6 Å². The number of carbonyl (C=O) groups excluding carboxylic acids is 3. The van der Waals surface area contributed by atoms with E-state index in [9.17, 15) is 14.4 Å². The molecule has 7 heteroatoms. The zero-order valence-electron chi connectivity index (χ0n) is 15.4. The van der Waals surface area contributed by atoms with E-state index in [1.807, 2.05) is 13.8 Å². The number of ether oxygens (including phenoxy) is 3. The highest BCUT2D eigenvalue weighted by Crippen LogP contribution is 2.36. The molecule has 7 nitrogen and oxygen atoms in total. The minimum Gasteiger partial charge on any atom is -0.490 e. The lowest BCUT2D eigenvalue weighted by Gasteiger charge is -2.26. The first kappa shape index (κ1) is 19.8. The molecule has 26 heavy (non-hydrogen) atoms. The summed E-state index contributed by atoms with van der Waals surface area (Å²) < 4.78 is 16.2. The largest absolute Gasteiger partial charge is 0.490 e. The second-order valence-corrected chi connectivity index (χ2v) is 5.75. The van der Waals surface area contributed by atoms with Gasteiger partial charge < -0.3 is 14.2 Å². The van der Waals surface area contributed by atoms with Crippen molar-refractivity contribution in [2.45, 2.75) is 46.1 Å². The van der Waals surface area contributed by atoms with Crippen LogP contribution in [-0.2, 0) is 19.1 Å². The first-order valence-electron chi connectivity index (χ1n) is 8.91. The third-order valence-electron chi connectivity index (χ3n) is 4.02. The van der Waals surface area contributed by atoms with Crippen LogP contribution in [0.25, 0.3) is 0 Å². The molecular weight excluding hydrogens is 338 g/mol. The van der Waals surface area contributed by atoms with Crippen LogP contribution in [0, 0.1) is 0 Å². The first-order chi connectivity index (χ1) is 12.5. The van der Waals surface area contributed by atoms with Crippen molar-refractivity contribution in [2.24, 2.45) is 0 Å². The molecule has 1 aliphatic rings. The lowest BCUT2D eigenvalue weighted by Crippen LogP contribution is -2.35. The highest BCUT2D eigenvalue weighted by Gasteiger charge is 2.37. The van der Waals surface area contributed by atoms with Gasteiger partial charge in [-0.15, -0.1) is 0 Å². The summed E-state index contributed by atoms with van der Waals surface area (Å²) in [6, 6.07) is 4.48. The zero-order chi connectivity index (χ0) is 19.1. The van der Waals surface area contributed by atoms with E-state index in [1.165, 1.54) is 4.90 Å². The summed E-state index contributed by atoms with van der Waals surface area (Å²) >= 11 is 0. The Morgan fingerprint density at radius 1 is 1.00 bits per heavy atom. The SMILES string of the molecule is CCOC(=O)CC(c1ccc(OCC)c(OCC)c1)N1C(=O)CCC1=O. The van der Waals surface area contributed by atoms with Crippen molar-refractivity contribution in [3.8, 4) is 11.5 Å². The number of esters is 1. The Kier molecular flexibility index (Phi) is 7.00. The molecule has 0 spiro atoms. The van der Waals surface area contributed by atoms with Crippen molar-refractivity contribution >= 4 is 17.8 Å². The van der Waals surface area contributed by atoms with Gasteiger partial charge in [0.05, 0.1) is 32.3 Å². The molecule has 2 amide bonds. The van der Waals surface area contributed by atoms with Crippen molar-refractivity contribution in [2.75, 3.05) is 19.8 Å². The molecule has 0 aliphatic carbocycles. The number of hydrogen-bond acceptors (Lipinski definition) is 6. The van der Waals surface area contributed by atoms with Crippen molar-refractivity contribution < 1.29 is 28.6 Å². The zero-order valence-corrected chi connectivity index (χ0v) is 15.4. The van der Waals surface area contributed by atoms with E-state index >= 15 is 0 Å². The van der Waals surface area contributed by atoms with Crippen molar-refractivity contribution in [1.29, 1.82) is 0 Å². The van der Waals surface area contributed by atoms with Gasteiger partial charge in [0.2, 0.25) is 11.8 Å². The third kappa shape index (κ3) is 4.53. The van der Waals surface area contributed by atoms with Crippen LogP contribution < -0.4 is 9.47 Å². The predicted octanol–water partition coefficient (Wildman–Crippen LogP) is 2.63. The van der Waals surface area contributed by atoms with Gasteiger partial charge in [0.15, 0.2) is 11.5 Å². The third-order valence-corrected chi connectivity index (χ3v) is 4.02. The Hall–Kier alpha value is -2.57. The van der Waals surface area contributed by atoms with Crippen molar-refractivity contribution in [3.63, 3.8) is 0 Å². The van der Waals surface area contributed by atoms with Crippen molar-refractivity contribution in [1.82, 2.24) is 4.90 Å². The number of nitrogens with zero attached hydrogens (tertiary/aromatic N) is 1. The second kappa shape index (κ2) is 9.22. The topological polar surface area (TPSA) is 82.1 Å². The molecule has 1 fully saturated rings. The van der Waals surface area contributed by atoms with Gasteiger partial charge in [-0.3, -0.25) is 19.3 Å². The second-order valence-electron chi connectivity index (χ2n) is 5.75. The maximum Gasteiger partial charge on any atom is 0.308 e. The molecule has 0 saturated carbocycles.